The van der Waals surface area contributed by atoms with Crippen molar-refractivity contribution in [3.63, 3.8) is 0 Å². The van der Waals surface area contributed by atoms with E-state index in [2.05, 4.69) is 4.98 Å². The number of rotatable bonds is 3. The van der Waals surface area contributed by atoms with E-state index in [1.807, 2.05) is 24.3 Å². The van der Waals surface area contributed by atoms with E-state index in [-0.39, 0.29) is 10.6 Å². The normalized spacial score (nSPS) is 13.6. The molecule has 2 heterocycles. The van der Waals surface area contributed by atoms with Crippen LogP contribution in [0, 0.1) is 0 Å². The van der Waals surface area contributed by atoms with Crippen molar-refractivity contribution in [2.24, 2.45) is 7.05 Å². The molecule has 2 aromatic heterocycles. The van der Waals surface area contributed by atoms with Gasteiger partial charge in [-0.1, -0.05) is 24.3 Å². The summed E-state index contributed by atoms with van der Waals surface area (Å²) in [5, 5.41) is -0.0686. The minimum atomic E-state index is -3.96. The van der Waals surface area contributed by atoms with Crippen molar-refractivity contribution < 1.29 is 17.9 Å². The number of methoxy groups -OCH3 is 1. The summed E-state index contributed by atoms with van der Waals surface area (Å²) in [7, 11) is -0.961. The lowest BCUT2D eigenvalue weighted by molar-refractivity contribution is 0.0599. The van der Waals surface area contributed by atoms with Crippen LogP contribution < -0.4 is 0 Å². The average Bonchev–Trinajstić information content (AvgIpc) is 3.21. The van der Waals surface area contributed by atoms with Gasteiger partial charge in [0.15, 0.2) is 5.03 Å². The van der Waals surface area contributed by atoms with Gasteiger partial charge >= 0.3 is 5.97 Å². The molecule has 0 unspecified atom stereocenters. The minimum absolute atomic E-state index is 0.0686. The molecule has 27 heavy (non-hydrogen) atoms. The van der Waals surface area contributed by atoms with E-state index in [1.54, 1.807) is 11.6 Å². The SMILES string of the molecule is COC(=O)c1cn(S(=O)(=O)c2cn(C)cn2)c2c1CCCc1ccccc1-2. The van der Waals surface area contributed by atoms with Gasteiger partial charge in [0, 0.05) is 25.0 Å². The molecule has 0 saturated heterocycles. The fourth-order valence-corrected chi connectivity index (χ4v) is 4.95. The fraction of sp³-hybridized carbons (Fsp3) is 0.263. The van der Waals surface area contributed by atoms with Gasteiger partial charge in [0.05, 0.1) is 24.7 Å². The Labute approximate surface area is 157 Å². The van der Waals surface area contributed by atoms with Crippen LogP contribution in [0.4, 0.5) is 0 Å². The second kappa shape index (κ2) is 6.38. The van der Waals surface area contributed by atoms with Gasteiger partial charge in [0.1, 0.15) is 0 Å². The maximum Gasteiger partial charge on any atom is 0.339 e. The molecular formula is C19H19N3O4S. The van der Waals surface area contributed by atoms with Crippen molar-refractivity contribution in [1.29, 1.82) is 0 Å². The predicted molar refractivity (Wildman–Crippen MR) is 99.0 cm³/mol. The summed E-state index contributed by atoms with van der Waals surface area (Å²) in [6, 6.07) is 7.69. The molecule has 7 nitrogen and oxygen atoms in total. The number of benzene rings is 1. The Kier molecular flexibility index (Phi) is 4.15. The molecule has 8 heteroatoms. The van der Waals surface area contributed by atoms with Gasteiger partial charge in [-0.15, -0.1) is 0 Å². The first kappa shape index (κ1) is 17.5. The summed E-state index contributed by atoms with van der Waals surface area (Å²) in [5.74, 6) is -0.541. The molecule has 0 atom stereocenters. The molecule has 0 fully saturated rings. The molecule has 1 aromatic carbocycles. The van der Waals surface area contributed by atoms with Crippen LogP contribution in [0.3, 0.4) is 0 Å². The number of ether oxygens (including phenoxy) is 1. The number of nitrogens with zero attached hydrogens (tertiary/aromatic N) is 3. The van der Waals surface area contributed by atoms with E-state index in [4.69, 9.17) is 4.74 Å². The number of hydrogen-bond donors (Lipinski definition) is 0. The molecule has 0 saturated carbocycles. The summed E-state index contributed by atoms with van der Waals surface area (Å²) in [5.41, 5.74) is 3.38. The van der Waals surface area contributed by atoms with Crippen LogP contribution in [0.5, 0.6) is 0 Å². The number of fused-ring (bicyclic) bond motifs is 3. The van der Waals surface area contributed by atoms with E-state index in [0.717, 1.165) is 24.0 Å². The highest BCUT2D eigenvalue weighted by Crippen LogP contribution is 2.37. The molecular weight excluding hydrogens is 366 g/mol. The highest BCUT2D eigenvalue weighted by atomic mass is 32.2. The standard InChI is InChI=1S/C19H19N3O4S/c1-21-11-17(20-12-21)27(24,25)22-10-16(19(23)26-2)15-9-5-7-13-6-3-4-8-14(13)18(15)22/h3-4,6,8,10-12H,5,7,9H2,1-2H3. The zero-order valence-corrected chi connectivity index (χ0v) is 15.9. The second-order valence-corrected chi connectivity index (χ2v) is 8.31. The average molecular weight is 385 g/mol. The van der Waals surface area contributed by atoms with E-state index in [9.17, 15) is 13.2 Å². The van der Waals surface area contributed by atoms with Crippen LogP contribution in [0.2, 0.25) is 0 Å². The highest BCUT2D eigenvalue weighted by Gasteiger charge is 2.31. The summed E-state index contributed by atoms with van der Waals surface area (Å²) in [6.45, 7) is 0. The zero-order valence-electron chi connectivity index (χ0n) is 15.0. The van der Waals surface area contributed by atoms with Crippen LogP contribution in [0.1, 0.15) is 27.9 Å². The first-order valence-electron chi connectivity index (χ1n) is 8.58. The van der Waals surface area contributed by atoms with Crippen molar-refractivity contribution in [2.45, 2.75) is 24.3 Å². The zero-order chi connectivity index (χ0) is 19.2. The molecule has 0 radical (unpaired) electrons. The van der Waals surface area contributed by atoms with Crippen molar-refractivity contribution in [2.75, 3.05) is 7.11 Å². The number of carbonyl (C=O) groups excluding carboxylic acids is 1. The molecule has 0 aliphatic heterocycles. The molecule has 4 rings (SSSR count). The molecule has 0 N–H and O–H groups in total. The molecule has 0 spiro atoms. The van der Waals surface area contributed by atoms with Crippen molar-refractivity contribution in [3.8, 4) is 11.3 Å². The summed E-state index contributed by atoms with van der Waals surface area (Å²) in [6.07, 6.45) is 6.48. The molecule has 1 aliphatic carbocycles. The lowest BCUT2D eigenvalue weighted by atomic mass is 10.0. The first-order chi connectivity index (χ1) is 12.9. The van der Waals surface area contributed by atoms with E-state index < -0.39 is 16.0 Å². The van der Waals surface area contributed by atoms with E-state index >= 15 is 0 Å². The molecule has 3 aromatic rings. The molecule has 0 bridgehead atoms. The predicted octanol–water partition coefficient (Wildman–Crippen LogP) is 2.40. The van der Waals surface area contributed by atoms with Crippen LogP contribution in [-0.4, -0.2) is 35.0 Å². The van der Waals surface area contributed by atoms with Crippen molar-refractivity contribution in [1.82, 2.24) is 13.5 Å². The Morgan fingerprint density at radius 2 is 1.96 bits per heavy atom. The van der Waals surface area contributed by atoms with Crippen LogP contribution >= 0.6 is 0 Å². The lowest BCUT2D eigenvalue weighted by Crippen LogP contribution is -2.14. The third kappa shape index (κ3) is 2.76. The summed E-state index contributed by atoms with van der Waals surface area (Å²) < 4.78 is 34.3. The largest absolute Gasteiger partial charge is 0.465 e. The Morgan fingerprint density at radius 1 is 1.19 bits per heavy atom. The molecule has 0 amide bonds. The van der Waals surface area contributed by atoms with Gasteiger partial charge in [-0.25, -0.2) is 13.8 Å². The second-order valence-electron chi connectivity index (χ2n) is 6.55. The maximum atomic E-state index is 13.3. The topological polar surface area (TPSA) is 83.2 Å². The Balaban J connectivity index is 2.05. The number of aromatic nitrogens is 3. The number of imidazole rings is 1. The third-order valence-electron chi connectivity index (χ3n) is 4.83. The molecule has 1 aliphatic rings. The van der Waals surface area contributed by atoms with Gasteiger partial charge in [-0.3, -0.25) is 0 Å². The Bertz CT molecular complexity index is 1140. The van der Waals surface area contributed by atoms with E-state index in [0.29, 0.717) is 17.7 Å². The van der Waals surface area contributed by atoms with Crippen molar-refractivity contribution >= 4 is 16.0 Å². The van der Waals surface area contributed by atoms with Crippen LogP contribution in [0.25, 0.3) is 11.3 Å². The van der Waals surface area contributed by atoms with Gasteiger partial charge in [0.25, 0.3) is 10.0 Å². The lowest BCUT2D eigenvalue weighted by Gasteiger charge is -2.12. The van der Waals surface area contributed by atoms with Gasteiger partial charge in [-0.2, -0.15) is 8.42 Å². The van der Waals surface area contributed by atoms with Gasteiger partial charge in [-0.05, 0) is 30.4 Å². The van der Waals surface area contributed by atoms with Gasteiger partial charge < -0.3 is 9.30 Å². The smallest absolute Gasteiger partial charge is 0.339 e. The number of hydrogen-bond acceptors (Lipinski definition) is 5. The monoisotopic (exact) mass is 385 g/mol. The highest BCUT2D eigenvalue weighted by molar-refractivity contribution is 7.90. The van der Waals surface area contributed by atoms with E-state index in [1.165, 1.54) is 29.8 Å². The number of aryl methyl sites for hydroxylation is 2. The van der Waals surface area contributed by atoms with Crippen LogP contribution in [-0.2, 0) is 34.6 Å². The maximum absolute atomic E-state index is 13.3. The fourth-order valence-electron chi connectivity index (χ4n) is 3.58. The summed E-state index contributed by atoms with van der Waals surface area (Å²) in [4.78, 5) is 16.3. The van der Waals surface area contributed by atoms with Crippen LogP contribution in [0.15, 0.2) is 48.0 Å². The van der Waals surface area contributed by atoms with Crippen molar-refractivity contribution in [3.05, 3.63) is 59.7 Å². The third-order valence-corrected chi connectivity index (χ3v) is 6.38. The Hall–Kier alpha value is -2.87. The number of carbonyl (C=O) groups is 1. The molecule has 140 valence electrons. The quantitative estimate of drug-likeness (QED) is 0.647. The minimum Gasteiger partial charge on any atom is -0.465 e. The van der Waals surface area contributed by atoms with Gasteiger partial charge in [0.2, 0.25) is 0 Å². The first-order valence-corrected chi connectivity index (χ1v) is 10.0. The summed E-state index contributed by atoms with van der Waals surface area (Å²) >= 11 is 0. The Morgan fingerprint density at radius 3 is 2.67 bits per heavy atom. The number of esters is 1.